The van der Waals surface area contributed by atoms with Gasteiger partial charge in [-0.3, -0.25) is 9.59 Å². The maximum absolute atomic E-state index is 14.6. The minimum absolute atomic E-state index is 0.0786. The van der Waals surface area contributed by atoms with Crippen LogP contribution in [0.4, 0.5) is 5.69 Å². The Morgan fingerprint density at radius 2 is 1.73 bits per heavy atom. The summed E-state index contributed by atoms with van der Waals surface area (Å²) in [6, 6.07) is 21.9. The number of rotatable bonds is 14. The molecule has 0 bridgehead atoms. The van der Waals surface area contributed by atoms with Crippen LogP contribution in [0.3, 0.4) is 0 Å². The van der Waals surface area contributed by atoms with E-state index in [1.165, 1.54) is 10.8 Å². The summed E-state index contributed by atoms with van der Waals surface area (Å²) >= 11 is 3.60. The molecule has 1 unspecified atom stereocenters. The first-order chi connectivity index (χ1) is 23.3. The second kappa shape index (κ2) is 16.6. The SMILES string of the molecule is CCCCN(CCCC)C(=O)c1cc(C)n(-c2ccc(N[SiH2]c3ccc(Br)cc3CC)cc2C(=O)N2Cc3ccccc3CC2CO)n1. The zero-order chi connectivity index (χ0) is 34.2. The molecule has 3 aromatic carbocycles. The molecule has 0 saturated heterocycles. The zero-order valence-electron chi connectivity index (χ0n) is 28.6. The quantitative estimate of drug-likeness (QED) is 0.157. The lowest BCUT2D eigenvalue weighted by atomic mass is 9.93. The summed E-state index contributed by atoms with van der Waals surface area (Å²) in [7, 11) is -0.905. The van der Waals surface area contributed by atoms with Crippen molar-refractivity contribution in [1.29, 1.82) is 0 Å². The fraction of sp³-hybridized carbons (Fsp3) is 0.395. The van der Waals surface area contributed by atoms with Gasteiger partial charge in [-0.15, -0.1) is 0 Å². The summed E-state index contributed by atoms with van der Waals surface area (Å²) < 4.78 is 2.80. The second-order valence-electron chi connectivity index (χ2n) is 12.7. The van der Waals surface area contributed by atoms with Crippen molar-refractivity contribution >= 4 is 48.3 Å². The number of carbonyl (C=O) groups is 2. The van der Waals surface area contributed by atoms with E-state index in [9.17, 15) is 14.7 Å². The Bertz CT molecular complexity index is 1730. The Kier molecular flexibility index (Phi) is 12.3. The number of nitrogens with one attached hydrogen (secondary N) is 1. The number of hydrogen-bond donors (Lipinski definition) is 2. The topological polar surface area (TPSA) is 90.7 Å². The molecule has 1 aliphatic rings. The lowest BCUT2D eigenvalue weighted by Crippen LogP contribution is -2.46. The molecule has 254 valence electrons. The van der Waals surface area contributed by atoms with Crippen LogP contribution in [-0.2, 0) is 19.4 Å². The van der Waals surface area contributed by atoms with Gasteiger partial charge in [0, 0.05) is 35.5 Å². The van der Waals surface area contributed by atoms with E-state index in [0.29, 0.717) is 43.0 Å². The summed E-state index contributed by atoms with van der Waals surface area (Å²) in [6.07, 6.45) is 5.43. The summed E-state index contributed by atoms with van der Waals surface area (Å²) in [5.41, 5.74) is 6.68. The third-order valence-corrected chi connectivity index (χ3v) is 11.4. The van der Waals surface area contributed by atoms with Gasteiger partial charge in [0.2, 0.25) is 0 Å². The molecular weight excluding hydrogens is 682 g/mol. The average molecular weight is 731 g/mol. The molecule has 2 amide bonds. The molecule has 1 aromatic heterocycles. The fourth-order valence-electron chi connectivity index (χ4n) is 6.44. The van der Waals surface area contributed by atoms with E-state index >= 15 is 0 Å². The predicted molar refractivity (Wildman–Crippen MR) is 200 cm³/mol. The number of hydrogen-bond acceptors (Lipinski definition) is 5. The highest BCUT2D eigenvalue weighted by molar-refractivity contribution is 9.10. The Hall–Kier alpha value is -3.73. The molecule has 4 aromatic rings. The van der Waals surface area contributed by atoms with E-state index in [4.69, 9.17) is 5.10 Å². The number of carbonyl (C=O) groups excluding carboxylic acids is 2. The number of halogens is 1. The number of amides is 2. The fourth-order valence-corrected chi connectivity index (χ4v) is 8.27. The highest BCUT2D eigenvalue weighted by Crippen LogP contribution is 2.29. The van der Waals surface area contributed by atoms with Crippen molar-refractivity contribution in [3.63, 3.8) is 0 Å². The highest BCUT2D eigenvalue weighted by Gasteiger charge is 2.32. The predicted octanol–water partition coefficient (Wildman–Crippen LogP) is 5.93. The zero-order valence-corrected chi connectivity index (χ0v) is 31.6. The van der Waals surface area contributed by atoms with Crippen molar-refractivity contribution in [3.8, 4) is 5.69 Å². The Morgan fingerprint density at radius 3 is 2.42 bits per heavy atom. The first kappa shape index (κ1) is 35.6. The summed E-state index contributed by atoms with van der Waals surface area (Å²) in [6.45, 7) is 10.0. The van der Waals surface area contributed by atoms with Gasteiger partial charge in [0.15, 0.2) is 15.4 Å². The number of aryl methyl sites for hydroxylation is 2. The minimum Gasteiger partial charge on any atom is -0.412 e. The van der Waals surface area contributed by atoms with Crippen molar-refractivity contribution in [2.45, 2.75) is 78.8 Å². The summed E-state index contributed by atoms with van der Waals surface area (Å²) in [5.74, 6) is -0.248. The van der Waals surface area contributed by atoms with E-state index in [-0.39, 0.29) is 24.5 Å². The molecule has 0 saturated carbocycles. The highest BCUT2D eigenvalue weighted by atomic mass is 79.9. The molecule has 2 N–H and O–H groups in total. The summed E-state index contributed by atoms with van der Waals surface area (Å²) in [4.78, 5) is 35.7. The summed E-state index contributed by atoms with van der Waals surface area (Å²) in [5, 5.41) is 16.6. The number of benzene rings is 3. The van der Waals surface area contributed by atoms with Gasteiger partial charge in [-0.25, -0.2) is 4.68 Å². The second-order valence-corrected chi connectivity index (χ2v) is 15.1. The molecule has 2 heterocycles. The normalized spacial score (nSPS) is 14.4. The molecule has 48 heavy (non-hydrogen) atoms. The van der Waals surface area contributed by atoms with Gasteiger partial charge < -0.3 is 19.9 Å². The lowest BCUT2D eigenvalue weighted by Gasteiger charge is -2.36. The van der Waals surface area contributed by atoms with Crippen LogP contribution in [0.2, 0.25) is 0 Å². The van der Waals surface area contributed by atoms with Gasteiger partial charge in [-0.2, -0.15) is 5.10 Å². The first-order valence-electron chi connectivity index (χ1n) is 17.3. The van der Waals surface area contributed by atoms with Crippen molar-refractivity contribution in [3.05, 3.63) is 105 Å². The number of aliphatic hydroxyl groups is 1. The molecule has 0 radical (unpaired) electrons. The van der Waals surface area contributed by atoms with Crippen molar-refractivity contribution in [2.24, 2.45) is 0 Å². The Morgan fingerprint density at radius 1 is 1.00 bits per heavy atom. The number of fused-ring (bicyclic) bond motifs is 1. The molecule has 5 rings (SSSR count). The van der Waals surface area contributed by atoms with E-state index in [1.807, 2.05) is 48.2 Å². The average Bonchev–Trinajstić information content (AvgIpc) is 3.50. The van der Waals surface area contributed by atoms with Crippen LogP contribution in [0.5, 0.6) is 0 Å². The van der Waals surface area contributed by atoms with Crippen LogP contribution in [0.1, 0.15) is 89.7 Å². The van der Waals surface area contributed by atoms with E-state index in [0.717, 1.165) is 59.1 Å². The Labute approximate surface area is 295 Å². The maximum Gasteiger partial charge on any atom is 0.274 e. The molecule has 0 fully saturated rings. The number of unbranched alkanes of at least 4 members (excludes halogenated alkanes) is 2. The lowest BCUT2D eigenvalue weighted by molar-refractivity contribution is 0.0544. The van der Waals surface area contributed by atoms with Crippen LogP contribution in [0.25, 0.3) is 5.69 Å². The van der Waals surface area contributed by atoms with Crippen LogP contribution >= 0.6 is 15.9 Å². The van der Waals surface area contributed by atoms with Crippen molar-refractivity contribution < 1.29 is 14.7 Å². The third kappa shape index (κ3) is 8.10. The van der Waals surface area contributed by atoms with Crippen LogP contribution in [-0.4, -0.2) is 71.9 Å². The monoisotopic (exact) mass is 729 g/mol. The Balaban J connectivity index is 1.52. The van der Waals surface area contributed by atoms with Gasteiger partial charge in [0.05, 0.1) is 23.9 Å². The maximum atomic E-state index is 14.6. The van der Waals surface area contributed by atoms with Gasteiger partial charge in [0.25, 0.3) is 11.8 Å². The van der Waals surface area contributed by atoms with Crippen LogP contribution in [0, 0.1) is 6.92 Å². The molecule has 0 aliphatic carbocycles. The van der Waals surface area contributed by atoms with Crippen molar-refractivity contribution in [1.82, 2.24) is 19.6 Å². The molecule has 0 spiro atoms. The molecule has 10 heteroatoms. The smallest absolute Gasteiger partial charge is 0.274 e. The number of aromatic nitrogens is 2. The third-order valence-electron chi connectivity index (χ3n) is 9.27. The minimum atomic E-state index is -0.905. The van der Waals surface area contributed by atoms with Crippen molar-refractivity contribution in [2.75, 3.05) is 24.7 Å². The standard InChI is InChI=1S/C38H48BrN5O3Si/c1-5-8-18-42(19-9-6-2)38(47)34-20-26(4)44(40-34)35-16-15-31(41-48-36-17-14-30(39)21-27(36)7-3)23-33(35)37(46)43-24-29-13-11-10-12-28(29)22-32(43)25-45/h10-17,20-21,23,32,41,45H,5-9,18-19,22,24-25,48H2,1-4H3. The largest absolute Gasteiger partial charge is 0.412 e. The molecule has 1 aliphatic heterocycles. The molecule has 1 atom stereocenters. The molecular formula is C38H48BrN5O3Si. The van der Waals surface area contributed by atoms with Gasteiger partial charge in [0.1, 0.15) is 0 Å². The number of nitrogens with zero attached hydrogens (tertiary/aromatic N) is 4. The van der Waals surface area contributed by atoms with E-state index < -0.39 is 9.68 Å². The van der Waals surface area contributed by atoms with Gasteiger partial charge in [-0.05, 0) is 90.9 Å². The number of anilines is 1. The van der Waals surface area contributed by atoms with Gasteiger partial charge in [-0.1, -0.05) is 79.9 Å². The molecule has 8 nitrogen and oxygen atoms in total. The number of aliphatic hydroxyl groups excluding tert-OH is 1. The first-order valence-corrected chi connectivity index (χ1v) is 19.5. The van der Waals surface area contributed by atoms with E-state index in [2.05, 4.69) is 72.0 Å². The van der Waals surface area contributed by atoms with Gasteiger partial charge >= 0.3 is 0 Å². The van der Waals surface area contributed by atoms with Crippen LogP contribution < -0.4 is 10.2 Å². The van der Waals surface area contributed by atoms with E-state index in [1.54, 1.807) is 9.58 Å². The van der Waals surface area contributed by atoms with Crippen LogP contribution in [0.15, 0.2) is 71.2 Å².